The second kappa shape index (κ2) is 5.67. The maximum Gasteiger partial charge on any atom is 0.251 e. The van der Waals surface area contributed by atoms with E-state index in [9.17, 15) is 9.59 Å². The van der Waals surface area contributed by atoms with Gasteiger partial charge in [-0.15, -0.1) is 0 Å². The van der Waals surface area contributed by atoms with Crippen molar-refractivity contribution in [3.8, 4) is 0 Å². The summed E-state index contributed by atoms with van der Waals surface area (Å²) in [5.74, 6) is 0.755. The minimum atomic E-state index is -0.838. The molecule has 0 atom stereocenters. The van der Waals surface area contributed by atoms with Gasteiger partial charge in [-0.05, 0) is 27.2 Å². The number of nitrogens with one attached hydrogen (secondary N) is 2. The van der Waals surface area contributed by atoms with Crippen LogP contribution in [-0.2, 0) is 16.0 Å². The van der Waals surface area contributed by atoms with Crippen LogP contribution in [0.25, 0.3) is 0 Å². The van der Waals surface area contributed by atoms with Gasteiger partial charge < -0.3 is 10.2 Å². The van der Waals surface area contributed by atoms with Crippen LogP contribution in [-0.4, -0.2) is 40.4 Å². The molecule has 2 N–H and O–H groups in total. The van der Waals surface area contributed by atoms with Crippen molar-refractivity contribution in [2.75, 3.05) is 23.3 Å². The summed E-state index contributed by atoms with van der Waals surface area (Å²) in [6.07, 6.45) is 2.17. The van der Waals surface area contributed by atoms with Crippen molar-refractivity contribution in [3.05, 3.63) is 11.9 Å². The van der Waals surface area contributed by atoms with E-state index < -0.39 is 5.54 Å². The second-order valence-electron chi connectivity index (χ2n) is 5.43. The summed E-state index contributed by atoms with van der Waals surface area (Å²) in [6.45, 7) is 8.40. The van der Waals surface area contributed by atoms with E-state index in [0.29, 0.717) is 12.2 Å². The molecular weight excluding hydrogens is 270 g/mol. The number of carbonyl (C=O) groups is 2. The van der Waals surface area contributed by atoms with E-state index in [2.05, 4.69) is 20.6 Å². The Morgan fingerprint density at radius 2 is 2.05 bits per heavy atom. The molecule has 0 radical (unpaired) electrons. The lowest BCUT2D eigenvalue weighted by Gasteiger charge is -2.41. The second-order valence-corrected chi connectivity index (χ2v) is 5.43. The molecule has 0 spiro atoms. The zero-order chi connectivity index (χ0) is 15.6. The van der Waals surface area contributed by atoms with Gasteiger partial charge in [0.05, 0.1) is 6.54 Å². The van der Waals surface area contributed by atoms with Crippen LogP contribution in [0.1, 0.15) is 33.3 Å². The first-order valence-electron chi connectivity index (χ1n) is 7.11. The summed E-state index contributed by atoms with van der Waals surface area (Å²) in [7, 11) is 0. The summed E-state index contributed by atoms with van der Waals surface area (Å²) in [5, 5.41) is 5.56. The van der Waals surface area contributed by atoms with Crippen molar-refractivity contribution >= 4 is 23.5 Å². The first kappa shape index (κ1) is 15.2. The average Bonchev–Trinajstić information content (AvgIpc) is 2.43. The highest BCUT2D eigenvalue weighted by Crippen LogP contribution is 2.30. The molecule has 0 bridgehead atoms. The highest BCUT2D eigenvalue weighted by atomic mass is 16.2. The van der Waals surface area contributed by atoms with Gasteiger partial charge in [0.2, 0.25) is 5.91 Å². The molecular formula is C14H21N5O2. The summed E-state index contributed by atoms with van der Waals surface area (Å²) >= 11 is 0. The Labute approximate surface area is 124 Å². The molecule has 1 aromatic heterocycles. The molecule has 0 aromatic carbocycles. The zero-order valence-electron chi connectivity index (χ0n) is 12.9. The minimum absolute atomic E-state index is 0.105. The maximum absolute atomic E-state index is 12.1. The number of piperazine rings is 1. The fraction of sp³-hybridized carbons (Fsp3) is 0.571. The van der Waals surface area contributed by atoms with E-state index in [1.807, 2.05) is 13.8 Å². The Kier molecular flexibility index (Phi) is 4.11. The topological polar surface area (TPSA) is 87.2 Å². The normalized spacial score (nSPS) is 17.6. The van der Waals surface area contributed by atoms with Crippen molar-refractivity contribution in [2.45, 2.75) is 39.7 Å². The van der Waals surface area contributed by atoms with Crippen LogP contribution < -0.4 is 15.5 Å². The standard InChI is InChI=1S/C14H21N5O2/c1-5-9-11(15-6-2)16-8-17-12(9)19-7-10(20)18-13(21)14(19,3)4/h8H,5-7H2,1-4H3,(H,15,16,17)(H,18,20,21). The van der Waals surface area contributed by atoms with Crippen molar-refractivity contribution in [1.82, 2.24) is 15.3 Å². The van der Waals surface area contributed by atoms with Gasteiger partial charge >= 0.3 is 0 Å². The van der Waals surface area contributed by atoms with Gasteiger partial charge in [0.15, 0.2) is 0 Å². The Morgan fingerprint density at radius 3 is 2.67 bits per heavy atom. The van der Waals surface area contributed by atoms with Gasteiger partial charge in [-0.1, -0.05) is 6.92 Å². The minimum Gasteiger partial charge on any atom is -0.370 e. The monoisotopic (exact) mass is 291 g/mol. The Bertz CT molecular complexity index is 570. The molecule has 1 aromatic rings. The molecule has 2 rings (SSSR count). The number of imide groups is 1. The van der Waals surface area contributed by atoms with Gasteiger partial charge in [-0.3, -0.25) is 14.9 Å². The Hall–Kier alpha value is -2.18. The smallest absolute Gasteiger partial charge is 0.251 e. The summed E-state index contributed by atoms with van der Waals surface area (Å²) in [5.41, 5.74) is 0.0743. The molecule has 1 aliphatic rings. The van der Waals surface area contributed by atoms with Crippen molar-refractivity contribution in [3.63, 3.8) is 0 Å². The molecule has 0 saturated carbocycles. The number of hydrogen-bond donors (Lipinski definition) is 2. The Balaban J connectivity index is 2.51. The number of aromatic nitrogens is 2. The number of carbonyl (C=O) groups excluding carboxylic acids is 2. The van der Waals surface area contributed by atoms with E-state index in [4.69, 9.17) is 0 Å². The van der Waals surface area contributed by atoms with Gasteiger partial charge in [0.1, 0.15) is 23.5 Å². The number of anilines is 2. The molecule has 1 aliphatic heterocycles. The highest BCUT2D eigenvalue weighted by Gasteiger charge is 2.42. The largest absolute Gasteiger partial charge is 0.370 e. The summed E-state index contributed by atoms with van der Waals surface area (Å²) in [4.78, 5) is 34.1. The maximum atomic E-state index is 12.1. The first-order chi connectivity index (χ1) is 9.91. The first-order valence-corrected chi connectivity index (χ1v) is 7.11. The van der Waals surface area contributed by atoms with Crippen LogP contribution in [0.15, 0.2) is 6.33 Å². The lowest BCUT2D eigenvalue weighted by Crippen LogP contribution is -2.64. The van der Waals surface area contributed by atoms with Crippen LogP contribution in [0.4, 0.5) is 11.6 Å². The van der Waals surface area contributed by atoms with Crippen LogP contribution >= 0.6 is 0 Å². The molecule has 7 heteroatoms. The summed E-state index contributed by atoms with van der Waals surface area (Å²) in [6, 6.07) is 0. The zero-order valence-corrected chi connectivity index (χ0v) is 12.9. The van der Waals surface area contributed by atoms with Crippen LogP contribution in [0.5, 0.6) is 0 Å². The van der Waals surface area contributed by atoms with E-state index >= 15 is 0 Å². The lowest BCUT2D eigenvalue weighted by molar-refractivity contribution is -0.135. The fourth-order valence-electron chi connectivity index (χ4n) is 2.40. The quantitative estimate of drug-likeness (QED) is 0.795. The average molecular weight is 291 g/mol. The fourth-order valence-corrected chi connectivity index (χ4v) is 2.40. The SMILES string of the molecule is CCNc1ncnc(N2CC(=O)NC(=O)C2(C)C)c1CC. The predicted octanol–water partition coefficient (Wildman–Crippen LogP) is 0.712. The summed E-state index contributed by atoms with van der Waals surface area (Å²) < 4.78 is 0. The van der Waals surface area contributed by atoms with Gasteiger partial charge in [0.25, 0.3) is 5.91 Å². The van der Waals surface area contributed by atoms with Crippen molar-refractivity contribution in [1.29, 1.82) is 0 Å². The van der Waals surface area contributed by atoms with Crippen LogP contribution in [0.2, 0.25) is 0 Å². The third kappa shape index (κ3) is 2.68. The molecule has 1 saturated heterocycles. The molecule has 2 amide bonds. The third-order valence-electron chi connectivity index (χ3n) is 3.66. The van der Waals surface area contributed by atoms with Crippen molar-refractivity contribution < 1.29 is 9.59 Å². The van der Waals surface area contributed by atoms with E-state index in [-0.39, 0.29) is 18.4 Å². The number of amides is 2. The number of rotatable bonds is 4. The van der Waals surface area contributed by atoms with Crippen molar-refractivity contribution in [2.24, 2.45) is 0 Å². The van der Waals surface area contributed by atoms with Gasteiger partial charge in [0, 0.05) is 12.1 Å². The molecule has 1 fully saturated rings. The van der Waals surface area contributed by atoms with E-state index in [1.54, 1.807) is 18.7 Å². The lowest BCUT2D eigenvalue weighted by atomic mass is 9.97. The van der Waals surface area contributed by atoms with E-state index in [1.165, 1.54) is 6.33 Å². The Morgan fingerprint density at radius 1 is 1.33 bits per heavy atom. The van der Waals surface area contributed by atoms with Gasteiger partial charge in [-0.2, -0.15) is 0 Å². The van der Waals surface area contributed by atoms with Crippen LogP contribution in [0.3, 0.4) is 0 Å². The molecule has 21 heavy (non-hydrogen) atoms. The van der Waals surface area contributed by atoms with Gasteiger partial charge in [-0.25, -0.2) is 9.97 Å². The molecule has 0 unspecified atom stereocenters. The van der Waals surface area contributed by atoms with E-state index in [0.717, 1.165) is 17.9 Å². The molecule has 114 valence electrons. The third-order valence-corrected chi connectivity index (χ3v) is 3.66. The number of nitrogens with zero attached hydrogens (tertiary/aromatic N) is 3. The van der Waals surface area contributed by atoms with Crippen LogP contribution in [0, 0.1) is 0 Å². The highest BCUT2D eigenvalue weighted by molar-refractivity contribution is 6.06. The molecule has 0 aliphatic carbocycles. The number of hydrogen-bond acceptors (Lipinski definition) is 6. The predicted molar refractivity (Wildman–Crippen MR) is 80.1 cm³/mol. The molecule has 7 nitrogen and oxygen atoms in total. The molecule has 2 heterocycles.